The Balaban J connectivity index is 1.63. The summed E-state index contributed by atoms with van der Waals surface area (Å²) in [6.07, 6.45) is 2.12. The van der Waals surface area contributed by atoms with Crippen LogP contribution in [0.5, 0.6) is 0 Å². The topological polar surface area (TPSA) is 96.9 Å². The van der Waals surface area contributed by atoms with Gasteiger partial charge in [0.15, 0.2) is 0 Å². The number of carbonyl (C=O) groups is 1. The standard InChI is InChI=1S/C23H22N4O3/c1-3-10-27-20-19(22(29)26-23(27)30)12-18(13-24-20)21(28)25-14(2)16-9-8-15-6-4-5-7-17(15)11-16/h4-9,11-14H,3,10H2,1-2H3,(H,25,28)(H,26,29,30). The number of aromatic nitrogens is 3. The molecule has 7 heteroatoms. The van der Waals surface area contributed by atoms with Gasteiger partial charge in [-0.2, -0.15) is 0 Å². The molecule has 0 fully saturated rings. The number of pyridine rings is 1. The Hall–Kier alpha value is -3.74. The number of amides is 1. The van der Waals surface area contributed by atoms with Crippen LogP contribution in [0.1, 0.15) is 42.2 Å². The quantitative estimate of drug-likeness (QED) is 0.536. The van der Waals surface area contributed by atoms with Crippen molar-refractivity contribution in [3.63, 3.8) is 0 Å². The maximum Gasteiger partial charge on any atom is 0.329 e. The Morgan fingerprint density at radius 2 is 1.90 bits per heavy atom. The summed E-state index contributed by atoms with van der Waals surface area (Å²) in [6, 6.07) is 15.3. The van der Waals surface area contributed by atoms with Gasteiger partial charge in [0.1, 0.15) is 5.65 Å². The van der Waals surface area contributed by atoms with Gasteiger partial charge in [0, 0.05) is 12.7 Å². The van der Waals surface area contributed by atoms with Gasteiger partial charge in [-0.3, -0.25) is 19.1 Å². The van der Waals surface area contributed by atoms with Crippen molar-refractivity contribution >= 4 is 27.7 Å². The number of aryl methyl sites for hydroxylation is 1. The van der Waals surface area contributed by atoms with Gasteiger partial charge in [0.05, 0.1) is 17.0 Å². The highest BCUT2D eigenvalue weighted by Crippen LogP contribution is 2.20. The van der Waals surface area contributed by atoms with Crippen molar-refractivity contribution in [2.45, 2.75) is 32.9 Å². The van der Waals surface area contributed by atoms with E-state index < -0.39 is 11.2 Å². The monoisotopic (exact) mass is 402 g/mol. The van der Waals surface area contributed by atoms with E-state index >= 15 is 0 Å². The first-order chi connectivity index (χ1) is 14.5. The second-order valence-electron chi connectivity index (χ2n) is 7.31. The van der Waals surface area contributed by atoms with E-state index in [1.54, 1.807) is 0 Å². The fraction of sp³-hybridized carbons (Fsp3) is 0.217. The fourth-order valence-corrected chi connectivity index (χ4v) is 3.56. The Labute approximate surface area is 172 Å². The van der Waals surface area contributed by atoms with Crippen LogP contribution in [0.25, 0.3) is 21.8 Å². The molecule has 7 nitrogen and oxygen atoms in total. The zero-order valence-corrected chi connectivity index (χ0v) is 16.8. The van der Waals surface area contributed by atoms with Gasteiger partial charge in [-0.05, 0) is 41.8 Å². The van der Waals surface area contributed by atoms with Crippen LogP contribution >= 0.6 is 0 Å². The van der Waals surface area contributed by atoms with E-state index in [9.17, 15) is 14.4 Å². The molecule has 0 saturated heterocycles. The molecule has 0 spiro atoms. The molecule has 1 atom stereocenters. The molecule has 2 N–H and O–H groups in total. The molecule has 30 heavy (non-hydrogen) atoms. The number of nitrogens with one attached hydrogen (secondary N) is 2. The average molecular weight is 402 g/mol. The van der Waals surface area contributed by atoms with Gasteiger partial charge < -0.3 is 5.32 Å². The second kappa shape index (κ2) is 7.94. The van der Waals surface area contributed by atoms with Crippen molar-refractivity contribution < 1.29 is 4.79 Å². The Bertz CT molecular complexity index is 1370. The lowest BCUT2D eigenvalue weighted by Gasteiger charge is -2.15. The smallest absolute Gasteiger partial charge is 0.329 e. The summed E-state index contributed by atoms with van der Waals surface area (Å²) < 4.78 is 1.41. The van der Waals surface area contributed by atoms with E-state index in [4.69, 9.17) is 0 Å². The zero-order valence-electron chi connectivity index (χ0n) is 16.8. The highest BCUT2D eigenvalue weighted by Gasteiger charge is 2.15. The molecule has 2 aromatic carbocycles. The molecule has 0 aliphatic rings. The molecule has 0 aliphatic heterocycles. The van der Waals surface area contributed by atoms with Gasteiger partial charge in [-0.15, -0.1) is 0 Å². The number of H-pyrrole nitrogens is 1. The predicted octanol–water partition coefficient (Wildman–Crippen LogP) is 3.14. The van der Waals surface area contributed by atoms with E-state index in [2.05, 4.69) is 15.3 Å². The molecular weight excluding hydrogens is 380 g/mol. The molecular formula is C23H22N4O3. The van der Waals surface area contributed by atoms with Gasteiger partial charge >= 0.3 is 5.69 Å². The molecule has 0 bridgehead atoms. The summed E-state index contributed by atoms with van der Waals surface area (Å²) in [6.45, 7) is 4.27. The van der Waals surface area contributed by atoms with E-state index in [0.29, 0.717) is 13.0 Å². The van der Waals surface area contributed by atoms with Crippen LogP contribution in [0.15, 0.2) is 64.3 Å². The molecule has 4 rings (SSSR count). The number of benzene rings is 2. The van der Waals surface area contributed by atoms with Crippen molar-refractivity contribution in [2.24, 2.45) is 0 Å². The van der Waals surface area contributed by atoms with Crippen molar-refractivity contribution in [1.82, 2.24) is 19.9 Å². The lowest BCUT2D eigenvalue weighted by molar-refractivity contribution is 0.0939. The summed E-state index contributed by atoms with van der Waals surface area (Å²) in [5.41, 5.74) is 0.480. The lowest BCUT2D eigenvalue weighted by atomic mass is 10.0. The van der Waals surface area contributed by atoms with Crippen molar-refractivity contribution in [3.05, 3.63) is 86.7 Å². The minimum absolute atomic E-state index is 0.217. The summed E-state index contributed by atoms with van der Waals surface area (Å²) in [7, 11) is 0. The molecule has 152 valence electrons. The number of carbonyl (C=O) groups excluding carboxylic acids is 1. The number of nitrogens with zero attached hydrogens (tertiary/aromatic N) is 2. The van der Waals surface area contributed by atoms with Crippen molar-refractivity contribution in [3.8, 4) is 0 Å². The summed E-state index contributed by atoms with van der Waals surface area (Å²) >= 11 is 0. The number of hydrogen-bond acceptors (Lipinski definition) is 4. The zero-order chi connectivity index (χ0) is 21.3. The first-order valence-corrected chi connectivity index (χ1v) is 9.90. The third-order valence-corrected chi connectivity index (χ3v) is 5.16. The maximum absolute atomic E-state index is 12.8. The minimum atomic E-state index is -0.549. The molecule has 2 heterocycles. The van der Waals surface area contributed by atoms with Crippen LogP contribution in [0.3, 0.4) is 0 Å². The SMILES string of the molecule is CCCn1c(=O)[nH]c(=O)c2cc(C(=O)NC(C)c3ccc4ccccc4c3)cnc21. The van der Waals surface area contributed by atoms with Crippen LogP contribution in [0.4, 0.5) is 0 Å². The molecule has 0 radical (unpaired) electrons. The maximum atomic E-state index is 12.8. The third-order valence-electron chi connectivity index (χ3n) is 5.16. The molecule has 1 unspecified atom stereocenters. The molecule has 2 aromatic heterocycles. The lowest BCUT2D eigenvalue weighted by Crippen LogP contribution is -2.31. The van der Waals surface area contributed by atoms with Gasteiger partial charge in [-0.1, -0.05) is 43.3 Å². The van der Waals surface area contributed by atoms with E-state index in [-0.39, 0.29) is 28.5 Å². The van der Waals surface area contributed by atoms with Gasteiger partial charge in [-0.25, -0.2) is 9.78 Å². The third kappa shape index (κ3) is 3.61. The number of hydrogen-bond donors (Lipinski definition) is 2. The number of aromatic amines is 1. The van der Waals surface area contributed by atoms with Crippen LogP contribution in [0, 0.1) is 0 Å². The predicted molar refractivity (Wildman–Crippen MR) is 117 cm³/mol. The van der Waals surface area contributed by atoms with Crippen molar-refractivity contribution in [1.29, 1.82) is 0 Å². The van der Waals surface area contributed by atoms with Crippen LogP contribution in [-0.2, 0) is 6.54 Å². The number of fused-ring (bicyclic) bond motifs is 2. The summed E-state index contributed by atoms with van der Waals surface area (Å²) in [4.78, 5) is 43.6. The molecule has 0 aliphatic carbocycles. The Morgan fingerprint density at radius 1 is 1.13 bits per heavy atom. The van der Waals surface area contributed by atoms with Crippen LogP contribution in [0.2, 0.25) is 0 Å². The van der Waals surface area contributed by atoms with Gasteiger partial charge in [0.25, 0.3) is 11.5 Å². The van der Waals surface area contributed by atoms with E-state index in [0.717, 1.165) is 16.3 Å². The molecule has 1 amide bonds. The van der Waals surface area contributed by atoms with E-state index in [1.807, 2.05) is 56.3 Å². The summed E-state index contributed by atoms with van der Waals surface area (Å²) in [5.74, 6) is -0.335. The second-order valence-corrected chi connectivity index (χ2v) is 7.31. The van der Waals surface area contributed by atoms with Crippen molar-refractivity contribution in [2.75, 3.05) is 0 Å². The Kier molecular flexibility index (Phi) is 5.18. The largest absolute Gasteiger partial charge is 0.345 e. The first kappa shape index (κ1) is 19.6. The summed E-state index contributed by atoms with van der Waals surface area (Å²) in [5, 5.41) is 5.41. The molecule has 0 saturated carbocycles. The van der Waals surface area contributed by atoms with Gasteiger partial charge in [0.2, 0.25) is 0 Å². The normalized spacial score (nSPS) is 12.2. The first-order valence-electron chi connectivity index (χ1n) is 9.90. The van der Waals surface area contributed by atoms with E-state index in [1.165, 1.54) is 16.8 Å². The Morgan fingerprint density at radius 3 is 2.67 bits per heavy atom. The average Bonchev–Trinajstić information content (AvgIpc) is 2.75. The molecule has 4 aromatic rings. The number of rotatable bonds is 5. The fourth-order valence-electron chi connectivity index (χ4n) is 3.56. The minimum Gasteiger partial charge on any atom is -0.345 e. The highest BCUT2D eigenvalue weighted by molar-refractivity contribution is 5.97. The van der Waals surface area contributed by atoms with Crippen LogP contribution in [-0.4, -0.2) is 20.4 Å². The highest BCUT2D eigenvalue weighted by atomic mass is 16.2. The van der Waals surface area contributed by atoms with Crippen LogP contribution < -0.4 is 16.6 Å².